The molecule has 0 spiro atoms. The van der Waals surface area contributed by atoms with Crippen LogP contribution in [0.5, 0.6) is 0 Å². The monoisotopic (exact) mass is 367 g/mol. The van der Waals surface area contributed by atoms with Crippen molar-refractivity contribution >= 4 is 23.1 Å². The zero-order chi connectivity index (χ0) is 19.1. The van der Waals surface area contributed by atoms with Crippen molar-refractivity contribution in [2.45, 2.75) is 39.0 Å². The highest BCUT2D eigenvalue weighted by atomic mass is 16.1. The molecule has 0 radical (unpaired) electrons. The van der Waals surface area contributed by atoms with Gasteiger partial charge in [0.05, 0.1) is 0 Å². The zero-order valence-corrected chi connectivity index (χ0v) is 16.3. The standard InChI is InChI=1S/C21H29N5O/c1-3-4-14-25(2)20-13-12-19(23-24-20)21(27)22-17-8-10-18(11-9-17)26-15-6-5-7-16-26/h8-13H,3-7,14-16H2,1-2H3,(H,22,27). The molecule has 1 aromatic heterocycles. The Hall–Kier alpha value is -2.63. The van der Waals surface area contributed by atoms with Gasteiger partial charge in [-0.15, -0.1) is 10.2 Å². The largest absolute Gasteiger partial charge is 0.372 e. The number of carbonyl (C=O) groups excluding carboxylic acids is 1. The lowest BCUT2D eigenvalue weighted by molar-refractivity contribution is 0.102. The van der Waals surface area contributed by atoms with E-state index in [1.54, 1.807) is 6.07 Å². The second-order valence-electron chi connectivity index (χ2n) is 7.10. The van der Waals surface area contributed by atoms with E-state index in [2.05, 4.69) is 44.4 Å². The zero-order valence-electron chi connectivity index (χ0n) is 16.3. The van der Waals surface area contributed by atoms with Crippen molar-refractivity contribution in [3.8, 4) is 0 Å². The van der Waals surface area contributed by atoms with Gasteiger partial charge in [-0.1, -0.05) is 13.3 Å². The Bertz CT molecular complexity index is 723. The number of nitrogens with zero attached hydrogens (tertiary/aromatic N) is 4. The Kier molecular flexibility index (Phi) is 6.63. The highest BCUT2D eigenvalue weighted by molar-refractivity contribution is 6.02. The molecule has 1 saturated heterocycles. The molecule has 3 rings (SSSR count). The van der Waals surface area contributed by atoms with Crippen molar-refractivity contribution in [3.05, 3.63) is 42.1 Å². The van der Waals surface area contributed by atoms with E-state index >= 15 is 0 Å². The van der Waals surface area contributed by atoms with E-state index in [1.807, 2.05) is 25.2 Å². The number of aromatic nitrogens is 2. The maximum absolute atomic E-state index is 12.4. The molecule has 0 unspecified atom stereocenters. The van der Waals surface area contributed by atoms with Crippen LogP contribution in [-0.4, -0.2) is 42.8 Å². The van der Waals surface area contributed by atoms with Crippen molar-refractivity contribution in [2.75, 3.05) is 41.8 Å². The molecule has 144 valence electrons. The number of rotatable bonds is 7. The van der Waals surface area contributed by atoms with Gasteiger partial charge in [0.1, 0.15) is 0 Å². The summed E-state index contributed by atoms with van der Waals surface area (Å²) >= 11 is 0. The number of hydrogen-bond acceptors (Lipinski definition) is 5. The van der Waals surface area contributed by atoms with Crippen molar-refractivity contribution in [1.29, 1.82) is 0 Å². The van der Waals surface area contributed by atoms with Gasteiger partial charge in [0.2, 0.25) is 0 Å². The van der Waals surface area contributed by atoms with E-state index in [4.69, 9.17) is 0 Å². The highest BCUT2D eigenvalue weighted by Crippen LogP contribution is 2.22. The van der Waals surface area contributed by atoms with E-state index in [0.29, 0.717) is 5.69 Å². The summed E-state index contributed by atoms with van der Waals surface area (Å²) in [6, 6.07) is 11.6. The minimum absolute atomic E-state index is 0.240. The summed E-state index contributed by atoms with van der Waals surface area (Å²) in [5.74, 6) is 0.543. The number of piperidine rings is 1. The Morgan fingerprint density at radius 2 is 1.81 bits per heavy atom. The highest BCUT2D eigenvalue weighted by Gasteiger charge is 2.12. The Morgan fingerprint density at radius 3 is 2.44 bits per heavy atom. The predicted molar refractivity (Wildman–Crippen MR) is 111 cm³/mol. The van der Waals surface area contributed by atoms with Crippen LogP contribution in [0.3, 0.4) is 0 Å². The number of benzene rings is 1. The minimum Gasteiger partial charge on any atom is -0.372 e. The number of anilines is 3. The van der Waals surface area contributed by atoms with Gasteiger partial charge in [-0.2, -0.15) is 0 Å². The normalized spacial score (nSPS) is 14.1. The molecule has 0 saturated carbocycles. The summed E-state index contributed by atoms with van der Waals surface area (Å²) in [6.45, 7) is 5.31. The predicted octanol–water partition coefficient (Wildman–Crippen LogP) is 3.96. The van der Waals surface area contributed by atoms with Crippen molar-refractivity contribution in [3.63, 3.8) is 0 Å². The third-order valence-electron chi connectivity index (χ3n) is 4.97. The van der Waals surface area contributed by atoms with Gasteiger partial charge in [0.25, 0.3) is 5.91 Å². The van der Waals surface area contributed by atoms with Crippen LogP contribution in [-0.2, 0) is 0 Å². The molecule has 1 fully saturated rings. The topological polar surface area (TPSA) is 61.4 Å². The molecule has 2 aromatic rings. The smallest absolute Gasteiger partial charge is 0.276 e. The molecule has 0 aliphatic carbocycles. The maximum Gasteiger partial charge on any atom is 0.276 e. The van der Waals surface area contributed by atoms with E-state index in [1.165, 1.54) is 24.9 Å². The Balaban J connectivity index is 1.58. The average Bonchev–Trinajstić information content (AvgIpc) is 2.73. The molecule has 0 atom stereocenters. The fourth-order valence-electron chi connectivity index (χ4n) is 3.26. The van der Waals surface area contributed by atoms with Crippen LogP contribution in [0.15, 0.2) is 36.4 Å². The first-order valence-corrected chi connectivity index (χ1v) is 9.88. The molecule has 1 aliphatic heterocycles. The summed E-state index contributed by atoms with van der Waals surface area (Å²) in [5.41, 5.74) is 2.31. The van der Waals surface area contributed by atoms with Gasteiger partial charge < -0.3 is 15.1 Å². The SMILES string of the molecule is CCCCN(C)c1ccc(C(=O)Nc2ccc(N3CCCCC3)cc2)nn1. The van der Waals surface area contributed by atoms with Gasteiger partial charge in [0, 0.05) is 38.1 Å². The van der Waals surface area contributed by atoms with Gasteiger partial charge in [-0.05, 0) is 62.1 Å². The van der Waals surface area contributed by atoms with Gasteiger partial charge >= 0.3 is 0 Å². The van der Waals surface area contributed by atoms with Crippen LogP contribution in [0, 0.1) is 0 Å². The summed E-state index contributed by atoms with van der Waals surface area (Å²) in [4.78, 5) is 16.9. The van der Waals surface area contributed by atoms with Crippen LogP contribution in [0.4, 0.5) is 17.2 Å². The van der Waals surface area contributed by atoms with Gasteiger partial charge in [0.15, 0.2) is 11.5 Å². The number of amides is 1. The van der Waals surface area contributed by atoms with Crippen LogP contribution < -0.4 is 15.1 Å². The molecule has 27 heavy (non-hydrogen) atoms. The van der Waals surface area contributed by atoms with Crippen LogP contribution in [0.2, 0.25) is 0 Å². The molecule has 2 heterocycles. The Morgan fingerprint density at radius 1 is 1.07 bits per heavy atom. The molecule has 6 nitrogen and oxygen atoms in total. The van der Waals surface area contributed by atoms with Crippen molar-refractivity contribution in [1.82, 2.24) is 10.2 Å². The van der Waals surface area contributed by atoms with E-state index in [-0.39, 0.29) is 5.91 Å². The molecule has 1 aliphatic rings. The molecule has 0 bridgehead atoms. The fourth-order valence-corrected chi connectivity index (χ4v) is 3.26. The van der Waals surface area contributed by atoms with Crippen molar-refractivity contribution in [2.24, 2.45) is 0 Å². The van der Waals surface area contributed by atoms with Gasteiger partial charge in [-0.25, -0.2) is 0 Å². The number of hydrogen-bond donors (Lipinski definition) is 1. The number of nitrogens with one attached hydrogen (secondary N) is 1. The lowest BCUT2D eigenvalue weighted by Gasteiger charge is -2.28. The molecule has 1 aromatic carbocycles. The first kappa shape index (κ1) is 19.1. The number of carbonyl (C=O) groups is 1. The second kappa shape index (κ2) is 9.35. The summed E-state index contributed by atoms with van der Waals surface area (Å²) in [7, 11) is 1.99. The van der Waals surface area contributed by atoms with Crippen molar-refractivity contribution < 1.29 is 4.79 Å². The minimum atomic E-state index is -0.240. The van der Waals surface area contributed by atoms with Gasteiger partial charge in [-0.3, -0.25) is 4.79 Å². The molecular weight excluding hydrogens is 338 g/mol. The Labute approximate surface area is 161 Å². The van der Waals surface area contributed by atoms with Crippen LogP contribution in [0.1, 0.15) is 49.5 Å². The average molecular weight is 367 g/mol. The summed E-state index contributed by atoms with van der Waals surface area (Å²) < 4.78 is 0. The van der Waals surface area contributed by atoms with E-state index < -0.39 is 0 Å². The summed E-state index contributed by atoms with van der Waals surface area (Å²) in [6.07, 6.45) is 6.06. The van der Waals surface area contributed by atoms with Crippen LogP contribution in [0.25, 0.3) is 0 Å². The van der Waals surface area contributed by atoms with E-state index in [9.17, 15) is 4.79 Å². The first-order chi connectivity index (χ1) is 13.2. The second-order valence-corrected chi connectivity index (χ2v) is 7.10. The molecular formula is C21H29N5O. The maximum atomic E-state index is 12.4. The summed E-state index contributed by atoms with van der Waals surface area (Å²) in [5, 5.41) is 11.2. The first-order valence-electron chi connectivity index (χ1n) is 9.88. The molecule has 1 amide bonds. The number of unbranched alkanes of at least 4 members (excludes halogenated alkanes) is 1. The third-order valence-corrected chi connectivity index (χ3v) is 4.97. The van der Waals surface area contributed by atoms with Crippen LogP contribution >= 0.6 is 0 Å². The lowest BCUT2D eigenvalue weighted by atomic mass is 10.1. The third kappa shape index (κ3) is 5.18. The molecule has 1 N–H and O–H groups in total. The van der Waals surface area contributed by atoms with E-state index in [0.717, 1.165) is 44.0 Å². The molecule has 6 heteroatoms. The fraction of sp³-hybridized carbons (Fsp3) is 0.476. The quantitative estimate of drug-likeness (QED) is 0.803. The lowest BCUT2D eigenvalue weighted by Crippen LogP contribution is -2.29.